The molecule has 2 rings (SSSR count). The predicted octanol–water partition coefficient (Wildman–Crippen LogP) is 1.16. The molecule has 1 saturated heterocycles. The molecule has 0 bridgehead atoms. The van der Waals surface area contributed by atoms with Gasteiger partial charge < -0.3 is 16.2 Å². The molecular formula is C14H23N3O3. The molecule has 1 fully saturated rings. The van der Waals surface area contributed by atoms with E-state index in [1.54, 1.807) is 0 Å². The zero-order chi connectivity index (χ0) is 13.5. The molecule has 1 heterocycles. The number of hydroxylamine groups is 1. The summed E-state index contributed by atoms with van der Waals surface area (Å²) in [5.74, 6) is -0.198. The van der Waals surface area contributed by atoms with Gasteiger partial charge in [-0.2, -0.15) is 5.48 Å². The van der Waals surface area contributed by atoms with Crippen molar-refractivity contribution >= 4 is 5.97 Å². The highest BCUT2D eigenvalue weighted by Gasteiger charge is 2.26. The molecule has 1 aliphatic heterocycles. The zero-order valence-corrected chi connectivity index (χ0v) is 11.8. The molecule has 112 valence electrons. The fraction of sp³-hybridized carbons (Fsp3) is 0.500. The van der Waals surface area contributed by atoms with Gasteiger partial charge in [0.05, 0.1) is 13.2 Å². The van der Waals surface area contributed by atoms with Crippen molar-refractivity contribution in [2.24, 2.45) is 0 Å². The molecule has 0 spiro atoms. The number of rotatable bonds is 5. The van der Waals surface area contributed by atoms with E-state index in [-0.39, 0.29) is 24.3 Å². The maximum Gasteiger partial charge on any atom is 0.322 e. The zero-order valence-electron chi connectivity index (χ0n) is 11.8. The molecule has 1 aromatic carbocycles. The molecule has 0 aromatic heterocycles. The lowest BCUT2D eigenvalue weighted by molar-refractivity contribution is -0.145. The van der Waals surface area contributed by atoms with Crippen LogP contribution in [0.5, 0.6) is 0 Å². The van der Waals surface area contributed by atoms with Crippen molar-refractivity contribution in [3.8, 4) is 0 Å². The van der Waals surface area contributed by atoms with Crippen LogP contribution in [0.15, 0.2) is 30.3 Å². The first-order valence-corrected chi connectivity index (χ1v) is 6.53. The summed E-state index contributed by atoms with van der Waals surface area (Å²) in [5, 5.41) is 3.13. The summed E-state index contributed by atoms with van der Waals surface area (Å²) in [6.07, 6.45) is 1.67. The molecule has 0 amide bonds. The highest BCUT2D eigenvalue weighted by molar-refractivity contribution is 5.75. The third-order valence-corrected chi connectivity index (χ3v) is 3.22. The van der Waals surface area contributed by atoms with Gasteiger partial charge in [0.1, 0.15) is 6.04 Å². The topological polar surface area (TPSA) is 94.6 Å². The number of carbonyl (C=O) groups excluding carboxylic acids is 1. The van der Waals surface area contributed by atoms with Crippen LogP contribution in [0.25, 0.3) is 0 Å². The quantitative estimate of drug-likeness (QED) is 0.554. The Morgan fingerprint density at radius 1 is 1.35 bits per heavy atom. The molecule has 0 saturated carbocycles. The SMILES string of the molecule is COC(=O)[C@@H]1CC[C@@H](ONCc2ccccc2)CN1.N. The average Bonchev–Trinajstić information content (AvgIpc) is 2.48. The van der Waals surface area contributed by atoms with Crippen LogP contribution < -0.4 is 16.9 Å². The van der Waals surface area contributed by atoms with Crippen LogP contribution in [-0.4, -0.2) is 31.8 Å². The molecule has 20 heavy (non-hydrogen) atoms. The Morgan fingerprint density at radius 3 is 2.70 bits per heavy atom. The number of methoxy groups -OCH3 is 1. The summed E-state index contributed by atoms with van der Waals surface area (Å²) >= 11 is 0. The van der Waals surface area contributed by atoms with Gasteiger partial charge in [-0.3, -0.25) is 9.63 Å². The Bertz CT molecular complexity index is 392. The van der Waals surface area contributed by atoms with Crippen LogP contribution >= 0.6 is 0 Å². The van der Waals surface area contributed by atoms with Gasteiger partial charge in [0, 0.05) is 13.1 Å². The van der Waals surface area contributed by atoms with Crippen molar-refractivity contribution in [3.05, 3.63) is 35.9 Å². The molecular weight excluding hydrogens is 258 g/mol. The van der Waals surface area contributed by atoms with Gasteiger partial charge in [-0.15, -0.1) is 0 Å². The second-order valence-electron chi connectivity index (χ2n) is 4.61. The monoisotopic (exact) mass is 281 g/mol. The number of carbonyl (C=O) groups is 1. The number of hydrogen-bond donors (Lipinski definition) is 3. The number of esters is 1. The summed E-state index contributed by atoms with van der Waals surface area (Å²) in [6, 6.07) is 9.88. The smallest absolute Gasteiger partial charge is 0.322 e. The van der Waals surface area contributed by atoms with E-state index in [1.807, 2.05) is 30.3 Å². The van der Waals surface area contributed by atoms with Crippen LogP contribution in [0.4, 0.5) is 0 Å². The Labute approximate surface area is 119 Å². The summed E-state index contributed by atoms with van der Waals surface area (Å²) in [7, 11) is 1.41. The Kier molecular flexibility index (Phi) is 7.17. The minimum atomic E-state index is -0.198. The lowest BCUT2D eigenvalue weighted by atomic mass is 10.0. The van der Waals surface area contributed by atoms with E-state index in [0.717, 1.165) is 12.8 Å². The molecule has 1 aliphatic rings. The second-order valence-corrected chi connectivity index (χ2v) is 4.61. The lowest BCUT2D eigenvalue weighted by Gasteiger charge is -2.28. The largest absolute Gasteiger partial charge is 0.468 e. The number of hydrogen-bond acceptors (Lipinski definition) is 6. The van der Waals surface area contributed by atoms with Crippen molar-refractivity contribution in [1.82, 2.24) is 16.9 Å². The van der Waals surface area contributed by atoms with Crippen LogP contribution in [0, 0.1) is 0 Å². The molecule has 6 heteroatoms. The summed E-state index contributed by atoms with van der Waals surface area (Å²) in [4.78, 5) is 16.9. The van der Waals surface area contributed by atoms with Crippen molar-refractivity contribution < 1.29 is 14.4 Å². The van der Waals surface area contributed by atoms with Gasteiger partial charge in [0.25, 0.3) is 0 Å². The van der Waals surface area contributed by atoms with Gasteiger partial charge in [-0.1, -0.05) is 30.3 Å². The fourth-order valence-electron chi connectivity index (χ4n) is 2.11. The molecule has 0 radical (unpaired) electrons. The van der Waals surface area contributed by atoms with Gasteiger partial charge in [0.15, 0.2) is 0 Å². The Morgan fingerprint density at radius 2 is 2.10 bits per heavy atom. The lowest BCUT2D eigenvalue weighted by Crippen LogP contribution is -2.48. The van der Waals surface area contributed by atoms with E-state index < -0.39 is 0 Å². The van der Waals surface area contributed by atoms with E-state index in [1.165, 1.54) is 12.7 Å². The van der Waals surface area contributed by atoms with Crippen LogP contribution in [-0.2, 0) is 20.9 Å². The summed E-state index contributed by atoms with van der Waals surface area (Å²) in [5.41, 5.74) is 4.15. The first-order valence-electron chi connectivity index (χ1n) is 6.53. The fourth-order valence-corrected chi connectivity index (χ4v) is 2.11. The van der Waals surface area contributed by atoms with Crippen molar-refractivity contribution in [2.45, 2.75) is 31.5 Å². The van der Waals surface area contributed by atoms with E-state index in [9.17, 15) is 4.79 Å². The Hall–Kier alpha value is -1.47. The normalized spacial score (nSPS) is 21.9. The van der Waals surface area contributed by atoms with Crippen LogP contribution in [0.3, 0.4) is 0 Å². The van der Waals surface area contributed by atoms with Gasteiger partial charge in [-0.25, -0.2) is 0 Å². The van der Waals surface area contributed by atoms with E-state index in [0.29, 0.717) is 13.1 Å². The third kappa shape index (κ3) is 4.90. The van der Waals surface area contributed by atoms with Crippen LogP contribution in [0.1, 0.15) is 18.4 Å². The number of ether oxygens (including phenoxy) is 1. The van der Waals surface area contributed by atoms with Gasteiger partial charge in [0.2, 0.25) is 0 Å². The van der Waals surface area contributed by atoms with Gasteiger partial charge >= 0.3 is 5.97 Å². The molecule has 2 atom stereocenters. The highest BCUT2D eigenvalue weighted by atomic mass is 16.7. The molecule has 5 N–H and O–H groups in total. The first-order chi connectivity index (χ1) is 9.29. The highest BCUT2D eigenvalue weighted by Crippen LogP contribution is 2.11. The Balaban J connectivity index is 0.00000200. The van der Waals surface area contributed by atoms with Crippen molar-refractivity contribution in [2.75, 3.05) is 13.7 Å². The van der Waals surface area contributed by atoms with E-state index in [4.69, 9.17) is 9.57 Å². The molecule has 1 aromatic rings. The number of piperidine rings is 1. The van der Waals surface area contributed by atoms with E-state index >= 15 is 0 Å². The first kappa shape index (κ1) is 16.6. The minimum absolute atomic E-state index is 0. The summed E-state index contributed by atoms with van der Waals surface area (Å²) in [6.45, 7) is 1.33. The average molecular weight is 281 g/mol. The standard InChI is InChI=1S/C14H20N2O3.H3N/c1-18-14(17)13-8-7-12(10-15-13)19-16-9-11-5-3-2-4-6-11;/h2-6,12-13,15-16H,7-10H2,1H3;1H3/t12-,13+;/m1./s1. The molecule has 0 aliphatic carbocycles. The maximum absolute atomic E-state index is 11.3. The summed E-state index contributed by atoms with van der Waals surface area (Å²) < 4.78 is 4.71. The predicted molar refractivity (Wildman–Crippen MR) is 76.2 cm³/mol. The molecule has 6 nitrogen and oxygen atoms in total. The molecule has 0 unspecified atom stereocenters. The van der Waals surface area contributed by atoms with Crippen molar-refractivity contribution in [1.29, 1.82) is 0 Å². The third-order valence-electron chi connectivity index (χ3n) is 3.22. The number of benzene rings is 1. The van der Waals surface area contributed by atoms with E-state index in [2.05, 4.69) is 10.8 Å². The number of nitrogens with one attached hydrogen (secondary N) is 2. The minimum Gasteiger partial charge on any atom is -0.468 e. The second kappa shape index (κ2) is 8.65. The maximum atomic E-state index is 11.3. The van der Waals surface area contributed by atoms with Crippen molar-refractivity contribution in [3.63, 3.8) is 0 Å². The van der Waals surface area contributed by atoms with Gasteiger partial charge in [-0.05, 0) is 18.4 Å². The van der Waals surface area contributed by atoms with Crippen LogP contribution in [0.2, 0.25) is 0 Å².